The second-order valence-corrected chi connectivity index (χ2v) is 4.49. The molecule has 0 saturated heterocycles. The summed E-state index contributed by atoms with van der Waals surface area (Å²) < 4.78 is 40.7. The molecule has 0 bridgehead atoms. The molecule has 0 aliphatic carbocycles. The summed E-state index contributed by atoms with van der Waals surface area (Å²) in [7, 11) is 0. The zero-order valence-corrected chi connectivity index (χ0v) is 13.4. The molecule has 1 N–H and O–H groups in total. The number of rotatable bonds is 3. The van der Waals surface area contributed by atoms with Gasteiger partial charge >= 0.3 is 64.5 Å². The number of halogens is 3. The molecule has 0 unspecified atom stereocenters. The summed E-state index contributed by atoms with van der Waals surface area (Å²) in [5.41, 5.74) is -0.701. The van der Waals surface area contributed by atoms with Gasteiger partial charge in [-0.15, -0.1) is 0 Å². The van der Waals surface area contributed by atoms with Gasteiger partial charge in [0.25, 0.3) is 0 Å². The minimum absolute atomic E-state index is 0. The van der Waals surface area contributed by atoms with E-state index in [0.29, 0.717) is 0 Å². The van der Waals surface area contributed by atoms with Gasteiger partial charge < -0.3 is 23.0 Å². The van der Waals surface area contributed by atoms with Crippen molar-refractivity contribution in [2.24, 2.45) is 0 Å². The number of amides is 1. The fourth-order valence-electron chi connectivity index (χ4n) is 0.969. The molecule has 0 spiro atoms. The molecule has 0 aliphatic rings. The van der Waals surface area contributed by atoms with Gasteiger partial charge in [0, 0.05) is 6.04 Å². The SMILES string of the molecule is C[C@@H](C[B-](F)(F)F)NC(=O)OC(C)(C)C.[K+]. The Bertz CT molecular complexity index is 230. The Morgan fingerprint density at radius 2 is 1.81 bits per heavy atom. The second-order valence-electron chi connectivity index (χ2n) is 4.49. The van der Waals surface area contributed by atoms with Crippen molar-refractivity contribution in [3.05, 3.63) is 0 Å². The van der Waals surface area contributed by atoms with E-state index in [2.05, 4.69) is 5.32 Å². The minimum atomic E-state index is -4.88. The number of alkyl carbamates (subject to hydrolysis) is 1. The summed E-state index contributed by atoms with van der Waals surface area (Å²) >= 11 is 0. The number of carbonyl (C=O) groups is 1. The van der Waals surface area contributed by atoms with Gasteiger partial charge in [-0.3, -0.25) is 0 Å². The molecule has 0 aromatic rings. The fraction of sp³-hybridized carbons (Fsp3) is 0.875. The van der Waals surface area contributed by atoms with E-state index in [4.69, 9.17) is 4.74 Å². The van der Waals surface area contributed by atoms with Crippen LogP contribution in [0.5, 0.6) is 0 Å². The van der Waals surface area contributed by atoms with Crippen molar-refractivity contribution >= 4 is 13.1 Å². The molecular weight excluding hydrogens is 249 g/mol. The largest absolute Gasteiger partial charge is 1.00 e. The Morgan fingerprint density at radius 1 is 1.38 bits per heavy atom. The molecule has 0 rings (SSSR count). The average Bonchev–Trinajstić information content (AvgIpc) is 1.73. The molecule has 0 fully saturated rings. The number of hydrogen-bond donors (Lipinski definition) is 1. The zero-order valence-electron chi connectivity index (χ0n) is 10.3. The quantitative estimate of drug-likeness (QED) is 0.715. The van der Waals surface area contributed by atoms with E-state index in [0.717, 1.165) is 0 Å². The van der Waals surface area contributed by atoms with Gasteiger partial charge in [0.15, 0.2) is 0 Å². The first-order chi connectivity index (χ1) is 6.49. The number of nitrogens with one attached hydrogen (secondary N) is 1. The first-order valence-electron chi connectivity index (χ1n) is 4.70. The van der Waals surface area contributed by atoms with Crippen molar-refractivity contribution in [1.29, 1.82) is 0 Å². The van der Waals surface area contributed by atoms with Crippen LogP contribution < -0.4 is 56.7 Å². The van der Waals surface area contributed by atoms with Crippen LogP contribution in [0, 0.1) is 0 Å². The van der Waals surface area contributed by atoms with Gasteiger partial charge in [-0.2, -0.15) is 0 Å². The summed E-state index contributed by atoms with van der Waals surface area (Å²) in [5.74, 6) is 0. The van der Waals surface area contributed by atoms with E-state index in [-0.39, 0.29) is 51.4 Å². The molecule has 0 aromatic heterocycles. The van der Waals surface area contributed by atoms with Crippen LogP contribution in [0.25, 0.3) is 0 Å². The van der Waals surface area contributed by atoms with Gasteiger partial charge in [0.05, 0.1) is 0 Å². The Labute approximate surface area is 136 Å². The van der Waals surface area contributed by atoms with Crippen LogP contribution >= 0.6 is 0 Å². The maximum absolute atomic E-state index is 12.0. The number of hydrogen-bond acceptors (Lipinski definition) is 2. The Hall–Kier alpha value is 0.761. The summed E-state index contributed by atoms with van der Waals surface area (Å²) in [6, 6.07) is -0.958. The van der Waals surface area contributed by atoms with Crippen LogP contribution in [0.1, 0.15) is 27.7 Å². The zero-order chi connectivity index (χ0) is 12.3. The van der Waals surface area contributed by atoms with E-state index in [1.54, 1.807) is 20.8 Å². The third kappa shape index (κ3) is 12.8. The first-order valence-corrected chi connectivity index (χ1v) is 4.70. The van der Waals surface area contributed by atoms with Crippen LogP contribution in [0.3, 0.4) is 0 Å². The molecule has 1 amide bonds. The van der Waals surface area contributed by atoms with Crippen LogP contribution in [-0.2, 0) is 4.74 Å². The Kier molecular flexibility index (Phi) is 8.66. The molecule has 90 valence electrons. The summed E-state index contributed by atoms with van der Waals surface area (Å²) in [6.07, 6.45) is -1.82. The van der Waals surface area contributed by atoms with Crippen LogP contribution in [-0.4, -0.2) is 24.7 Å². The molecule has 1 atom stereocenters. The van der Waals surface area contributed by atoms with Crippen LogP contribution in [0.4, 0.5) is 17.7 Å². The van der Waals surface area contributed by atoms with Crippen molar-refractivity contribution in [3.8, 4) is 0 Å². The van der Waals surface area contributed by atoms with Crippen molar-refractivity contribution in [2.45, 2.75) is 45.7 Å². The normalized spacial score (nSPS) is 13.7. The summed E-state index contributed by atoms with van der Waals surface area (Å²) in [5, 5.41) is 2.13. The average molecular weight is 265 g/mol. The van der Waals surface area contributed by atoms with Gasteiger partial charge in [-0.25, -0.2) is 4.79 Å². The molecule has 0 radical (unpaired) electrons. The van der Waals surface area contributed by atoms with E-state index in [1.807, 2.05) is 0 Å². The second kappa shape index (κ2) is 7.25. The molecule has 0 aliphatic heterocycles. The van der Waals surface area contributed by atoms with E-state index in [1.165, 1.54) is 6.92 Å². The molecule has 0 saturated carbocycles. The third-order valence-electron chi connectivity index (χ3n) is 1.38. The third-order valence-corrected chi connectivity index (χ3v) is 1.38. The maximum atomic E-state index is 12.0. The predicted octanol–water partition coefficient (Wildman–Crippen LogP) is -0.249. The topological polar surface area (TPSA) is 38.3 Å². The Balaban J connectivity index is 0. The van der Waals surface area contributed by atoms with E-state index < -0.39 is 31.0 Å². The van der Waals surface area contributed by atoms with E-state index >= 15 is 0 Å². The van der Waals surface area contributed by atoms with Gasteiger partial charge in [0.2, 0.25) is 0 Å². The van der Waals surface area contributed by atoms with E-state index in [9.17, 15) is 17.7 Å². The van der Waals surface area contributed by atoms with Gasteiger partial charge in [-0.05, 0) is 27.7 Å². The van der Waals surface area contributed by atoms with Gasteiger partial charge in [-0.1, -0.05) is 6.32 Å². The molecular formula is C8H16BF3KNO2. The molecule has 0 aromatic carbocycles. The molecule has 16 heavy (non-hydrogen) atoms. The smallest absolute Gasteiger partial charge is 0.449 e. The van der Waals surface area contributed by atoms with Gasteiger partial charge in [0.1, 0.15) is 5.60 Å². The first kappa shape index (κ1) is 19.1. The van der Waals surface area contributed by atoms with Crippen molar-refractivity contribution < 1.29 is 73.9 Å². The molecule has 3 nitrogen and oxygen atoms in total. The molecule has 8 heteroatoms. The minimum Gasteiger partial charge on any atom is -0.449 e. The van der Waals surface area contributed by atoms with Crippen molar-refractivity contribution in [3.63, 3.8) is 0 Å². The number of ether oxygens (including phenoxy) is 1. The number of carbonyl (C=O) groups excluding carboxylic acids is 1. The summed E-state index contributed by atoms with van der Waals surface area (Å²) in [6.45, 7) is 1.34. The van der Waals surface area contributed by atoms with Crippen molar-refractivity contribution in [2.75, 3.05) is 0 Å². The summed E-state index contributed by atoms with van der Waals surface area (Å²) in [4.78, 5) is 11.1. The Morgan fingerprint density at radius 3 is 2.12 bits per heavy atom. The van der Waals surface area contributed by atoms with Crippen molar-refractivity contribution in [1.82, 2.24) is 5.32 Å². The fourth-order valence-corrected chi connectivity index (χ4v) is 0.969. The predicted molar refractivity (Wildman–Crippen MR) is 52.7 cm³/mol. The van der Waals surface area contributed by atoms with Crippen LogP contribution in [0.2, 0.25) is 6.32 Å². The maximum Gasteiger partial charge on any atom is 1.00 e. The molecule has 0 heterocycles. The van der Waals surface area contributed by atoms with Crippen LogP contribution in [0.15, 0.2) is 0 Å². The monoisotopic (exact) mass is 265 g/mol. The standard InChI is InChI=1S/C8H16BF3NO2.K/c1-6(5-9(10,11)12)13-7(14)15-8(2,3)4;/h6H,5H2,1-4H3,(H,13,14);/q-1;+1/t6-;/m0./s1.